The van der Waals surface area contributed by atoms with E-state index in [9.17, 15) is 0 Å². The summed E-state index contributed by atoms with van der Waals surface area (Å²) in [5.41, 5.74) is 12.2. The standard InChI is InChI=1S/C20H26N4.C9H11N/c21-10-3-4-11-22-13-18-20-17(9-12-23-18)16-5-1-2-6-19(16)24(20)14-15-7-8-15;1-2-6-9-8(4-1)5-3-7-10-9/h1-2,5-6,9,12,15,22H,3-4,7-8,10-11,13-14,21H2;3,5,7H,1-2,4,6H2. The van der Waals surface area contributed by atoms with Gasteiger partial charge in [-0.1, -0.05) is 24.3 Å². The molecule has 3 N–H and O–H groups in total. The van der Waals surface area contributed by atoms with Crippen molar-refractivity contribution in [2.45, 2.75) is 64.5 Å². The average Bonchev–Trinajstić information content (AvgIpc) is 3.66. The summed E-state index contributed by atoms with van der Waals surface area (Å²) in [5.74, 6) is 0.842. The van der Waals surface area contributed by atoms with Gasteiger partial charge in [0.2, 0.25) is 0 Å². The van der Waals surface area contributed by atoms with E-state index in [1.54, 1.807) is 0 Å². The van der Waals surface area contributed by atoms with Crippen LogP contribution in [0.3, 0.4) is 0 Å². The molecule has 4 aromatic rings. The molecule has 1 fully saturated rings. The third-order valence-corrected chi connectivity index (χ3v) is 7.09. The molecule has 1 aromatic carbocycles. The van der Waals surface area contributed by atoms with E-state index in [0.717, 1.165) is 50.6 Å². The van der Waals surface area contributed by atoms with Crippen LogP contribution in [0.4, 0.5) is 0 Å². The van der Waals surface area contributed by atoms with Crippen LogP contribution in [0, 0.1) is 5.92 Å². The molecule has 5 heteroatoms. The molecule has 3 heterocycles. The molecule has 0 atom stereocenters. The van der Waals surface area contributed by atoms with Crippen LogP contribution in [-0.2, 0) is 25.9 Å². The third kappa shape index (κ3) is 5.31. The fourth-order valence-electron chi connectivity index (χ4n) is 5.08. The number of nitrogens with one attached hydrogen (secondary N) is 1. The van der Waals surface area contributed by atoms with Gasteiger partial charge in [-0.15, -0.1) is 0 Å². The molecule has 6 rings (SSSR count). The Balaban J connectivity index is 0.000000200. The number of aryl methyl sites for hydroxylation is 2. The Hall–Kier alpha value is -2.76. The van der Waals surface area contributed by atoms with Gasteiger partial charge in [-0.25, -0.2) is 0 Å². The van der Waals surface area contributed by atoms with Gasteiger partial charge in [-0.05, 0) is 94.1 Å². The first kappa shape index (κ1) is 23.0. The van der Waals surface area contributed by atoms with Crippen molar-refractivity contribution in [1.29, 1.82) is 0 Å². The normalized spacial score (nSPS) is 15.2. The number of pyridine rings is 2. The van der Waals surface area contributed by atoms with E-state index in [4.69, 9.17) is 10.7 Å². The minimum Gasteiger partial charge on any atom is -0.339 e. The predicted octanol–water partition coefficient (Wildman–Crippen LogP) is 5.39. The summed E-state index contributed by atoms with van der Waals surface area (Å²) in [4.78, 5) is 9.02. The highest BCUT2D eigenvalue weighted by atomic mass is 15.0. The number of hydrogen-bond donors (Lipinski definition) is 2. The molecule has 0 radical (unpaired) electrons. The van der Waals surface area contributed by atoms with Gasteiger partial charge in [-0.2, -0.15) is 0 Å². The fraction of sp³-hybridized carbons (Fsp3) is 0.448. The largest absolute Gasteiger partial charge is 0.339 e. The van der Waals surface area contributed by atoms with E-state index in [0.29, 0.717) is 0 Å². The molecular formula is C29H37N5. The first-order valence-corrected chi connectivity index (χ1v) is 13.0. The van der Waals surface area contributed by atoms with Crippen molar-refractivity contribution in [1.82, 2.24) is 19.9 Å². The lowest BCUT2D eigenvalue weighted by molar-refractivity contribution is 0.617. The summed E-state index contributed by atoms with van der Waals surface area (Å²) in [6, 6.07) is 15.2. The number of fused-ring (bicyclic) bond motifs is 4. The fourth-order valence-corrected chi connectivity index (χ4v) is 5.08. The van der Waals surface area contributed by atoms with E-state index < -0.39 is 0 Å². The van der Waals surface area contributed by atoms with Crippen LogP contribution in [0.15, 0.2) is 54.9 Å². The van der Waals surface area contributed by atoms with E-state index >= 15 is 0 Å². The Morgan fingerprint density at radius 2 is 1.79 bits per heavy atom. The smallest absolute Gasteiger partial charge is 0.0784 e. The SMILES string of the molecule is NCCCCNCc1nccc2c3ccccc3n(CC3CC3)c12.c1cnc2c(c1)CCCC2. The van der Waals surface area contributed by atoms with Gasteiger partial charge in [0.05, 0.1) is 11.2 Å². The number of aromatic nitrogens is 3. The van der Waals surface area contributed by atoms with Gasteiger partial charge in [-0.3, -0.25) is 9.97 Å². The summed E-state index contributed by atoms with van der Waals surface area (Å²) >= 11 is 0. The molecule has 5 nitrogen and oxygen atoms in total. The van der Waals surface area contributed by atoms with Crippen molar-refractivity contribution < 1.29 is 0 Å². The van der Waals surface area contributed by atoms with Crippen LogP contribution in [0.2, 0.25) is 0 Å². The maximum absolute atomic E-state index is 5.57. The molecular weight excluding hydrogens is 418 g/mol. The quantitative estimate of drug-likeness (QED) is 0.350. The Morgan fingerprint density at radius 3 is 2.65 bits per heavy atom. The van der Waals surface area contributed by atoms with Gasteiger partial charge in [0.25, 0.3) is 0 Å². The minimum atomic E-state index is 0.769. The molecule has 2 aliphatic carbocycles. The van der Waals surface area contributed by atoms with E-state index in [1.807, 2.05) is 18.5 Å². The summed E-state index contributed by atoms with van der Waals surface area (Å²) in [5, 5.41) is 6.22. The molecule has 0 spiro atoms. The molecule has 2 aliphatic rings. The van der Waals surface area contributed by atoms with Gasteiger partial charge in [0.1, 0.15) is 0 Å². The molecule has 0 unspecified atom stereocenters. The second-order valence-corrected chi connectivity index (χ2v) is 9.71. The number of nitrogens with zero attached hydrogens (tertiary/aromatic N) is 3. The molecule has 178 valence electrons. The summed E-state index contributed by atoms with van der Waals surface area (Å²) in [6.45, 7) is 3.71. The van der Waals surface area contributed by atoms with E-state index in [-0.39, 0.29) is 0 Å². The number of nitrogens with two attached hydrogens (primary N) is 1. The maximum Gasteiger partial charge on any atom is 0.0784 e. The highest BCUT2D eigenvalue weighted by Gasteiger charge is 2.24. The van der Waals surface area contributed by atoms with Crippen molar-refractivity contribution in [2.75, 3.05) is 13.1 Å². The summed E-state index contributed by atoms with van der Waals surface area (Å²) < 4.78 is 2.51. The molecule has 3 aromatic heterocycles. The van der Waals surface area contributed by atoms with Crippen molar-refractivity contribution in [2.24, 2.45) is 11.7 Å². The molecule has 0 amide bonds. The Bertz CT molecular complexity index is 1200. The molecule has 0 saturated heterocycles. The van der Waals surface area contributed by atoms with Crippen LogP contribution < -0.4 is 11.1 Å². The lowest BCUT2D eigenvalue weighted by atomic mass is 9.96. The zero-order valence-corrected chi connectivity index (χ0v) is 20.2. The Morgan fingerprint density at radius 1 is 0.912 bits per heavy atom. The number of benzene rings is 1. The van der Waals surface area contributed by atoms with Crippen LogP contribution in [0.5, 0.6) is 0 Å². The third-order valence-electron chi connectivity index (χ3n) is 7.09. The first-order valence-electron chi connectivity index (χ1n) is 13.0. The highest BCUT2D eigenvalue weighted by molar-refractivity contribution is 6.08. The minimum absolute atomic E-state index is 0.769. The number of para-hydroxylation sites is 1. The molecule has 34 heavy (non-hydrogen) atoms. The summed E-state index contributed by atoms with van der Waals surface area (Å²) in [6.07, 6.45) is 13.9. The van der Waals surface area contributed by atoms with Crippen molar-refractivity contribution in [3.63, 3.8) is 0 Å². The first-order chi connectivity index (χ1) is 16.8. The Labute approximate surface area is 202 Å². The van der Waals surface area contributed by atoms with E-state index in [1.165, 1.54) is 71.6 Å². The number of hydrogen-bond acceptors (Lipinski definition) is 4. The van der Waals surface area contributed by atoms with Crippen LogP contribution in [0.25, 0.3) is 21.8 Å². The zero-order valence-electron chi connectivity index (χ0n) is 20.2. The maximum atomic E-state index is 5.57. The van der Waals surface area contributed by atoms with Crippen LogP contribution >= 0.6 is 0 Å². The second-order valence-electron chi connectivity index (χ2n) is 9.71. The average molecular weight is 456 g/mol. The van der Waals surface area contributed by atoms with E-state index in [2.05, 4.69) is 51.3 Å². The highest BCUT2D eigenvalue weighted by Crippen LogP contribution is 2.36. The van der Waals surface area contributed by atoms with Crippen LogP contribution in [0.1, 0.15) is 55.5 Å². The van der Waals surface area contributed by atoms with Gasteiger partial charge < -0.3 is 15.6 Å². The number of rotatable bonds is 8. The molecule has 1 saturated carbocycles. The predicted molar refractivity (Wildman–Crippen MR) is 141 cm³/mol. The topological polar surface area (TPSA) is 68.8 Å². The lowest BCUT2D eigenvalue weighted by Crippen LogP contribution is -2.17. The summed E-state index contributed by atoms with van der Waals surface area (Å²) in [7, 11) is 0. The van der Waals surface area contributed by atoms with Gasteiger partial charge in [0.15, 0.2) is 0 Å². The zero-order chi connectivity index (χ0) is 23.2. The monoisotopic (exact) mass is 455 g/mol. The van der Waals surface area contributed by atoms with Crippen molar-refractivity contribution in [3.8, 4) is 0 Å². The lowest BCUT2D eigenvalue weighted by Gasteiger charge is -2.12. The van der Waals surface area contributed by atoms with Gasteiger partial charge >= 0.3 is 0 Å². The van der Waals surface area contributed by atoms with Gasteiger partial charge in [0, 0.05) is 47.5 Å². The number of unbranched alkanes of at least 4 members (excludes halogenated alkanes) is 1. The Kier molecular flexibility index (Phi) is 7.52. The molecule has 0 bridgehead atoms. The second kappa shape index (κ2) is 11.1. The van der Waals surface area contributed by atoms with Crippen molar-refractivity contribution in [3.05, 3.63) is 71.8 Å². The van der Waals surface area contributed by atoms with Crippen molar-refractivity contribution >= 4 is 21.8 Å². The van der Waals surface area contributed by atoms with Crippen LogP contribution in [-0.4, -0.2) is 27.6 Å². The molecule has 0 aliphatic heterocycles.